The third kappa shape index (κ3) is 5.47. The van der Waals surface area contributed by atoms with Gasteiger partial charge in [-0.3, -0.25) is 0 Å². The molecule has 0 saturated heterocycles. The molecular weight excluding hydrogens is 259 g/mol. The summed E-state index contributed by atoms with van der Waals surface area (Å²) in [4.78, 5) is 0. The second kappa shape index (κ2) is 11.4. The zero-order valence-electron chi connectivity index (χ0n) is 16.1. The predicted molar refractivity (Wildman–Crippen MR) is 95.2 cm³/mol. The van der Waals surface area contributed by atoms with E-state index in [0.717, 1.165) is 0 Å². The molecule has 0 amide bonds. The summed E-state index contributed by atoms with van der Waals surface area (Å²) >= 11 is 0. The van der Waals surface area contributed by atoms with E-state index < -0.39 is 0 Å². The molecule has 0 fully saturated rings. The van der Waals surface area contributed by atoms with Crippen LogP contribution in [0.15, 0.2) is 12.1 Å². The molecule has 0 aliphatic carbocycles. The molecule has 0 bridgehead atoms. The molecule has 0 aromatic heterocycles. The number of hydrogen-bond donors (Lipinski definition) is 0. The minimum atomic E-state index is 0. The molecule has 0 heterocycles. The summed E-state index contributed by atoms with van der Waals surface area (Å²) in [6.45, 7) is 13.9. The van der Waals surface area contributed by atoms with Gasteiger partial charge in [-0.2, -0.15) is 34.9 Å². The summed E-state index contributed by atoms with van der Waals surface area (Å²) in [7, 11) is 0. The van der Waals surface area contributed by atoms with Gasteiger partial charge in [0.1, 0.15) is 0 Å². The third-order valence-corrected chi connectivity index (χ3v) is 5.24. The van der Waals surface area contributed by atoms with Crippen molar-refractivity contribution in [1.82, 2.24) is 0 Å². The number of rotatable bonds is 9. The zero-order valence-corrected chi connectivity index (χ0v) is 16.1. The van der Waals surface area contributed by atoms with Gasteiger partial charge in [-0.25, -0.2) is 0 Å². The Balaban J connectivity index is 0.00000441. The summed E-state index contributed by atoms with van der Waals surface area (Å²) < 4.78 is 0. The molecule has 0 spiro atoms. The van der Waals surface area contributed by atoms with Crippen LogP contribution in [0.5, 0.6) is 0 Å². The van der Waals surface area contributed by atoms with Gasteiger partial charge in [-0.05, 0) is 17.8 Å². The van der Waals surface area contributed by atoms with Gasteiger partial charge in [0.25, 0.3) is 0 Å². The van der Waals surface area contributed by atoms with Gasteiger partial charge in [0.05, 0.1) is 0 Å². The van der Waals surface area contributed by atoms with E-state index in [1.807, 2.05) is 0 Å². The van der Waals surface area contributed by atoms with Crippen molar-refractivity contribution < 1.29 is 18.9 Å². The Morgan fingerprint density at radius 1 is 0.636 bits per heavy atom. The van der Waals surface area contributed by atoms with Gasteiger partial charge >= 0.3 is 18.9 Å². The van der Waals surface area contributed by atoms with Crippen LogP contribution in [0.25, 0.3) is 0 Å². The second-order valence-electron chi connectivity index (χ2n) is 6.36. The largest absolute Gasteiger partial charge is 1.00 e. The summed E-state index contributed by atoms with van der Waals surface area (Å²) in [6.07, 6.45) is 7.38. The first-order valence-electron chi connectivity index (χ1n) is 9.21. The van der Waals surface area contributed by atoms with E-state index in [2.05, 4.69) is 59.7 Å². The number of benzene rings is 1. The first kappa shape index (κ1) is 21.8. The maximum atomic E-state index is 3.79. The van der Waals surface area contributed by atoms with Crippen molar-refractivity contribution in [2.75, 3.05) is 0 Å². The van der Waals surface area contributed by atoms with Crippen LogP contribution < -0.4 is 18.9 Å². The van der Waals surface area contributed by atoms with Crippen LogP contribution in [0.3, 0.4) is 0 Å². The minimum Gasteiger partial charge on any atom is -0.176 e. The van der Waals surface area contributed by atoms with Crippen molar-refractivity contribution in [3.63, 3.8) is 0 Å². The molecule has 1 heteroatoms. The van der Waals surface area contributed by atoms with E-state index in [9.17, 15) is 0 Å². The molecule has 120 valence electrons. The normalized spacial score (nSPS) is 11.3. The van der Waals surface area contributed by atoms with Crippen LogP contribution in [0.2, 0.25) is 0 Å². The molecule has 1 aromatic carbocycles. The monoisotopic (exact) mass is 294 g/mol. The van der Waals surface area contributed by atoms with E-state index >= 15 is 0 Å². The molecule has 0 unspecified atom stereocenters. The summed E-state index contributed by atoms with van der Waals surface area (Å²) in [5.74, 6) is 2.06. The Kier molecular flexibility index (Phi) is 11.3. The van der Waals surface area contributed by atoms with E-state index in [1.165, 1.54) is 49.7 Å². The molecule has 0 N–H and O–H groups in total. The van der Waals surface area contributed by atoms with Crippen LogP contribution in [-0.4, -0.2) is 0 Å². The molecular formula is C21H35Li. The fraction of sp³-hybridized carbons (Fsp3) is 0.714. The molecule has 1 aromatic rings. The molecule has 0 aliphatic heterocycles. The Morgan fingerprint density at radius 3 is 1.23 bits per heavy atom. The molecule has 1 rings (SSSR count). The minimum absolute atomic E-state index is 0. The molecule has 22 heavy (non-hydrogen) atoms. The molecule has 0 aliphatic rings. The van der Waals surface area contributed by atoms with Gasteiger partial charge in [0.2, 0.25) is 0 Å². The SMILES string of the molecule is CCC(CC)c1[c-]c(C(CC)CC)cc(C(CC)CC)c1.[Li+]. The van der Waals surface area contributed by atoms with Gasteiger partial charge in [-0.1, -0.05) is 80.1 Å². The molecule has 0 atom stereocenters. The summed E-state index contributed by atoms with van der Waals surface area (Å²) in [5, 5.41) is 0. The Labute approximate surface area is 151 Å². The van der Waals surface area contributed by atoms with Crippen molar-refractivity contribution in [2.45, 2.75) is 97.8 Å². The van der Waals surface area contributed by atoms with Crippen LogP contribution in [-0.2, 0) is 0 Å². The predicted octanol–water partition coefficient (Wildman–Crippen LogP) is 4.20. The third-order valence-electron chi connectivity index (χ3n) is 5.24. The second-order valence-corrected chi connectivity index (χ2v) is 6.36. The van der Waals surface area contributed by atoms with E-state index in [-0.39, 0.29) is 18.9 Å². The van der Waals surface area contributed by atoms with Gasteiger partial charge in [-0.15, -0.1) is 0 Å². The van der Waals surface area contributed by atoms with Crippen LogP contribution >= 0.6 is 0 Å². The molecule has 0 radical (unpaired) electrons. The van der Waals surface area contributed by atoms with Crippen molar-refractivity contribution in [3.8, 4) is 0 Å². The van der Waals surface area contributed by atoms with E-state index in [0.29, 0.717) is 17.8 Å². The summed E-state index contributed by atoms with van der Waals surface area (Å²) in [6, 6.07) is 8.71. The van der Waals surface area contributed by atoms with Gasteiger partial charge in [0, 0.05) is 0 Å². The maximum absolute atomic E-state index is 3.79. The zero-order chi connectivity index (χ0) is 15.8. The van der Waals surface area contributed by atoms with Gasteiger partial charge in [0.15, 0.2) is 0 Å². The fourth-order valence-electron chi connectivity index (χ4n) is 3.53. The van der Waals surface area contributed by atoms with Crippen molar-refractivity contribution in [1.29, 1.82) is 0 Å². The van der Waals surface area contributed by atoms with Crippen LogP contribution in [0.4, 0.5) is 0 Å². The maximum Gasteiger partial charge on any atom is 1.00 e. The van der Waals surface area contributed by atoms with Crippen LogP contribution in [0.1, 0.15) is 115 Å². The fourth-order valence-corrected chi connectivity index (χ4v) is 3.53. The van der Waals surface area contributed by atoms with Crippen molar-refractivity contribution >= 4 is 0 Å². The average molecular weight is 294 g/mol. The van der Waals surface area contributed by atoms with E-state index in [1.54, 1.807) is 5.56 Å². The first-order valence-corrected chi connectivity index (χ1v) is 9.21. The van der Waals surface area contributed by atoms with Crippen molar-refractivity contribution in [3.05, 3.63) is 34.9 Å². The van der Waals surface area contributed by atoms with Gasteiger partial charge < -0.3 is 0 Å². The quantitative estimate of drug-likeness (QED) is 0.473. The average Bonchev–Trinajstić information content (AvgIpc) is 2.51. The first-order chi connectivity index (χ1) is 10.1. The Hall–Kier alpha value is -0.183. The van der Waals surface area contributed by atoms with Crippen molar-refractivity contribution in [2.24, 2.45) is 0 Å². The standard InChI is InChI=1S/C21H35.Li/c1-7-16(8-2)19-13-20(17(9-3)10-4)15-21(14-19)18(11-5)12-6;/h13-14,16-18H,7-12H2,1-6H3;/q-1;+1. The smallest absolute Gasteiger partial charge is 0.176 e. The molecule has 0 nitrogen and oxygen atoms in total. The van der Waals surface area contributed by atoms with E-state index in [4.69, 9.17) is 0 Å². The summed E-state index contributed by atoms with van der Waals surface area (Å²) in [5.41, 5.74) is 4.49. The number of hydrogen-bond acceptors (Lipinski definition) is 0. The molecule has 0 saturated carbocycles. The van der Waals surface area contributed by atoms with Crippen LogP contribution in [0, 0.1) is 6.07 Å². The Bertz CT molecular complexity index is 324. The Morgan fingerprint density at radius 2 is 0.955 bits per heavy atom. The topological polar surface area (TPSA) is 0 Å².